The van der Waals surface area contributed by atoms with Gasteiger partial charge in [0.2, 0.25) is 0 Å². The van der Waals surface area contributed by atoms with Crippen molar-refractivity contribution in [3.05, 3.63) is 25.3 Å². The minimum absolute atomic E-state index is 0.0874. The molecule has 140 valence electrons. The number of hydrogen-bond acceptors (Lipinski definition) is 2. The molecule has 1 rings (SSSR count). The van der Waals surface area contributed by atoms with Crippen LogP contribution in [0.3, 0.4) is 0 Å². The maximum absolute atomic E-state index is 5.91. The van der Waals surface area contributed by atoms with Crippen LogP contribution in [0.15, 0.2) is 25.3 Å². The average Bonchev–Trinajstić information content (AvgIpc) is 2.63. The molecule has 24 heavy (non-hydrogen) atoms. The van der Waals surface area contributed by atoms with Crippen molar-refractivity contribution in [2.75, 3.05) is 13.2 Å². The van der Waals surface area contributed by atoms with Crippen molar-refractivity contribution < 1.29 is 9.47 Å². The molecule has 0 aromatic rings. The Bertz CT molecular complexity index is 316. The number of unbranched alkanes of at least 4 members (excludes halogenated alkanes) is 11. The van der Waals surface area contributed by atoms with E-state index in [0.717, 1.165) is 6.42 Å². The van der Waals surface area contributed by atoms with Crippen LogP contribution in [0.5, 0.6) is 0 Å². The van der Waals surface area contributed by atoms with E-state index in [4.69, 9.17) is 9.47 Å². The summed E-state index contributed by atoms with van der Waals surface area (Å²) in [6.45, 7) is 11.4. The summed E-state index contributed by atoms with van der Waals surface area (Å²) >= 11 is 0. The van der Waals surface area contributed by atoms with Gasteiger partial charge in [-0.15, -0.1) is 0 Å². The highest BCUT2D eigenvalue weighted by atomic mass is 16.6. The van der Waals surface area contributed by atoms with E-state index in [-0.39, 0.29) is 6.10 Å². The molecule has 0 spiro atoms. The van der Waals surface area contributed by atoms with E-state index in [1.165, 1.54) is 77.0 Å². The van der Waals surface area contributed by atoms with Gasteiger partial charge >= 0.3 is 0 Å². The van der Waals surface area contributed by atoms with Crippen molar-refractivity contribution in [2.24, 2.45) is 0 Å². The quantitative estimate of drug-likeness (QED) is 0.248. The molecule has 0 radical (unpaired) electrons. The Hall–Kier alpha value is -0.600. The Kier molecular flexibility index (Phi) is 12.2. The minimum atomic E-state index is -0.476. The minimum Gasteiger partial charge on any atom is -0.372 e. The fourth-order valence-electron chi connectivity index (χ4n) is 3.58. The fourth-order valence-corrected chi connectivity index (χ4v) is 3.58. The topological polar surface area (TPSA) is 18.5 Å². The van der Waals surface area contributed by atoms with Gasteiger partial charge in [0, 0.05) is 0 Å². The first-order valence-corrected chi connectivity index (χ1v) is 10.3. The zero-order valence-electron chi connectivity index (χ0n) is 16.1. The van der Waals surface area contributed by atoms with Gasteiger partial charge < -0.3 is 9.47 Å². The highest BCUT2D eigenvalue weighted by Gasteiger charge is 2.37. The summed E-state index contributed by atoms with van der Waals surface area (Å²) in [5.41, 5.74) is -0.476. The molecule has 1 saturated heterocycles. The lowest BCUT2D eigenvalue weighted by Crippen LogP contribution is -2.48. The highest BCUT2D eigenvalue weighted by molar-refractivity contribution is 5.15. The van der Waals surface area contributed by atoms with Crippen LogP contribution >= 0.6 is 0 Å². The van der Waals surface area contributed by atoms with Crippen molar-refractivity contribution in [1.82, 2.24) is 0 Å². The van der Waals surface area contributed by atoms with Crippen LogP contribution in [-0.2, 0) is 9.47 Å². The number of hydrogen-bond donors (Lipinski definition) is 0. The van der Waals surface area contributed by atoms with E-state index in [1.807, 2.05) is 12.2 Å². The maximum Gasteiger partial charge on any atom is 0.130 e. The number of ether oxygens (including phenoxy) is 2. The Morgan fingerprint density at radius 2 is 1.29 bits per heavy atom. The molecule has 1 atom stereocenters. The van der Waals surface area contributed by atoms with Gasteiger partial charge in [0.25, 0.3) is 0 Å². The van der Waals surface area contributed by atoms with Gasteiger partial charge in [-0.1, -0.05) is 109 Å². The zero-order chi connectivity index (χ0) is 17.5. The summed E-state index contributed by atoms with van der Waals surface area (Å²) < 4.78 is 11.8. The lowest BCUT2D eigenvalue weighted by molar-refractivity contribution is -0.160. The molecule has 2 heteroatoms. The maximum atomic E-state index is 5.91. The SMILES string of the molecule is C=CC1(C=C)OCCOC1CCCCCCCCCCCCCC. The van der Waals surface area contributed by atoms with E-state index >= 15 is 0 Å². The van der Waals surface area contributed by atoms with Crippen LogP contribution in [0.2, 0.25) is 0 Å². The monoisotopic (exact) mass is 336 g/mol. The Morgan fingerprint density at radius 1 is 0.792 bits per heavy atom. The second kappa shape index (κ2) is 13.7. The molecule has 2 nitrogen and oxygen atoms in total. The molecule has 0 aromatic carbocycles. The molecule has 0 saturated carbocycles. The molecule has 1 aliphatic rings. The Balaban J connectivity index is 1.98. The van der Waals surface area contributed by atoms with E-state index in [2.05, 4.69) is 20.1 Å². The first-order chi connectivity index (χ1) is 11.8. The molecular formula is C22H40O2. The molecule has 1 unspecified atom stereocenters. The molecule has 1 aliphatic heterocycles. The standard InChI is InChI=1S/C22H40O2/c1-4-7-8-9-10-11-12-13-14-15-16-17-18-21-22(5-2,6-3)24-20-19-23-21/h5-6,21H,2-4,7-20H2,1H3. The van der Waals surface area contributed by atoms with Gasteiger partial charge in [-0.3, -0.25) is 0 Å². The lowest BCUT2D eigenvalue weighted by atomic mass is 9.91. The molecule has 1 fully saturated rings. The summed E-state index contributed by atoms with van der Waals surface area (Å²) in [4.78, 5) is 0. The number of rotatable bonds is 15. The molecule has 0 aromatic heterocycles. The van der Waals surface area contributed by atoms with E-state index in [9.17, 15) is 0 Å². The molecule has 0 N–H and O–H groups in total. The molecule has 0 bridgehead atoms. The summed E-state index contributed by atoms with van der Waals surface area (Å²) in [7, 11) is 0. The van der Waals surface area contributed by atoms with Gasteiger partial charge in [-0.05, 0) is 6.42 Å². The van der Waals surface area contributed by atoms with Gasteiger partial charge in [0.15, 0.2) is 0 Å². The predicted octanol–water partition coefficient (Wildman–Crippen LogP) is 6.60. The third-order valence-electron chi connectivity index (χ3n) is 5.22. The highest BCUT2D eigenvalue weighted by Crippen LogP contribution is 2.29. The summed E-state index contributed by atoms with van der Waals surface area (Å²) in [5.74, 6) is 0. The van der Waals surface area contributed by atoms with Crippen LogP contribution in [0.25, 0.3) is 0 Å². The second-order valence-electron chi connectivity index (χ2n) is 7.15. The van der Waals surface area contributed by atoms with Crippen LogP contribution in [0.4, 0.5) is 0 Å². The van der Waals surface area contributed by atoms with E-state index in [1.54, 1.807) is 0 Å². The summed E-state index contributed by atoms with van der Waals surface area (Å²) in [6.07, 6.45) is 21.4. The van der Waals surface area contributed by atoms with Crippen molar-refractivity contribution in [2.45, 2.75) is 102 Å². The first kappa shape index (κ1) is 21.4. The third kappa shape index (κ3) is 7.98. The summed E-state index contributed by atoms with van der Waals surface area (Å²) in [5, 5.41) is 0. The molecule has 0 aliphatic carbocycles. The van der Waals surface area contributed by atoms with Crippen molar-refractivity contribution in [3.8, 4) is 0 Å². The normalized spacial score (nSPS) is 20.0. The fraction of sp³-hybridized carbons (Fsp3) is 0.818. The van der Waals surface area contributed by atoms with E-state index in [0.29, 0.717) is 13.2 Å². The molecule has 1 heterocycles. The Labute approximate surface area is 150 Å². The second-order valence-corrected chi connectivity index (χ2v) is 7.15. The Morgan fingerprint density at radius 3 is 1.79 bits per heavy atom. The van der Waals surface area contributed by atoms with Crippen LogP contribution in [0, 0.1) is 0 Å². The largest absolute Gasteiger partial charge is 0.372 e. The zero-order valence-corrected chi connectivity index (χ0v) is 16.1. The van der Waals surface area contributed by atoms with Gasteiger partial charge in [-0.2, -0.15) is 0 Å². The van der Waals surface area contributed by atoms with Crippen molar-refractivity contribution >= 4 is 0 Å². The average molecular weight is 337 g/mol. The van der Waals surface area contributed by atoms with Crippen molar-refractivity contribution in [3.63, 3.8) is 0 Å². The van der Waals surface area contributed by atoms with Crippen LogP contribution in [0.1, 0.15) is 90.4 Å². The van der Waals surface area contributed by atoms with Crippen LogP contribution < -0.4 is 0 Å². The molecule has 0 amide bonds. The van der Waals surface area contributed by atoms with E-state index < -0.39 is 5.60 Å². The first-order valence-electron chi connectivity index (χ1n) is 10.3. The van der Waals surface area contributed by atoms with Crippen molar-refractivity contribution in [1.29, 1.82) is 0 Å². The summed E-state index contributed by atoms with van der Waals surface area (Å²) in [6, 6.07) is 0. The van der Waals surface area contributed by atoms with Gasteiger partial charge in [0.05, 0.1) is 19.3 Å². The molecular weight excluding hydrogens is 296 g/mol. The predicted molar refractivity (Wildman–Crippen MR) is 105 cm³/mol. The van der Waals surface area contributed by atoms with Gasteiger partial charge in [0.1, 0.15) is 5.60 Å². The third-order valence-corrected chi connectivity index (χ3v) is 5.22. The van der Waals surface area contributed by atoms with Crippen LogP contribution in [-0.4, -0.2) is 24.9 Å². The lowest BCUT2D eigenvalue weighted by Gasteiger charge is -2.39. The smallest absolute Gasteiger partial charge is 0.130 e. The van der Waals surface area contributed by atoms with Gasteiger partial charge in [-0.25, -0.2) is 0 Å².